The lowest BCUT2D eigenvalue weighted by molar-refractivity contribution is 0.0955. The lowest BCUT2D eigenvalue weighted by Gasteiger charge is -2.15. The van der Waals surface area contributed by atoms with Gasteiger partial charge < -0.3 is 14.6 Å². The molecule has 0 atom stereocenters. The van der Waals surface area contributed by atoms with E-state index >= 15 is 0 Å². The second kappa shape index (κ2) is 10.5. The normalized spacial score (nSPS) is 11.0. The van der Waals surface area contributed by atoms with Gasteiger partial charge in [-0.3, -0.25) is 4.79 Å². The van der Waals surface area contributed by atoms with Crippen LogP contribution in [0.5, 0.6) is 17.2 Å². The molecule has 0 aliphatic carbocycles. The van der Waals surface area contributed by atoms with Crippen LogP contribution >= 0.6 is 0 Å². The number of ether oxygens (including phenoxy) is 2. The van der Waals surface area contributed by atoms with Crippen molar-refractivity contribution in [2.45, 2.75) is 33.3 Å². The monoisotopic (exact) mass is 432 g/mol. The van der Waals surface area contributed by atoms with Crippen LogP contribution in [0.25, 0.3) is 0 Å². The molecule has 0 aliphatic heterocycles. The number of phenols is 1. The molecule has 0 aromatic heterocycles. The Balaban J connectivity index is 1.66. The first-order chi connectivity index (χ1) is 15.4. The van der Waals surface area contributed by atoms with Crippen LogP contribution in [0, 0.1) is 6.92 Å². The third-order valence-corrected chi connectivity index (χ3v) is 5.02. The fourth-order valence-electron chi connectivity index (χ4n) is 3.18. The van der Waals surface area contributed by atoms with Crippen LogP contribution in [0.4, 0.5) is 0 Å². The molecule has 6 nitrogen and oxygen atoms in total. The number of phenolic OH excluding ortho intramolecular Hbond substituents is 1. The molecule has 1 amide bonds. The quantitative estimate of drug-likeness (QED) is 0.380. The summed E-state index contributed by atoms with van der Waals surface area (Å²) in [5, 5.41) is 13.3. The molecule has 166 valence electrons. The molecule has 0 fully saturated rings. The van der Waals surface area contributed by atoms with Crippen LogP contribution < -0.4 is 14.9 Å². The van der Waals surface area contributed by atoms with Gasteiger partial charge in [-0.05, 0) is 71.5 Å². The minimum Gasteiger partial charge on any atom is -0.508 e. The summed E-state index contributed by atoms with van der Waals surface area (Å²) >= 11 is 0. The maximum atomic E-state index is 12.1. The highest BCUT2D eigenvalue weighted by molar-refractivity contribution is 5.95. The number of carbonyl (C=O) groups excluding carboxylic acids is 1. The molecule has 0 aliphatic rings. The lowest BCUT2D eigenvalue weighted by Crippen LogP contribution is -2.17. The van der Waals surface area contributed by atoms with Crippen molar-refractivity contribution in [2.75, 3.05) is 7.11 Å². The summed E-state index contributed by atoms with van der Waals surface area (Å²) in [6, 6.07) is 18.1. The molecule has 3 aromatic carbocycles. The van der Waals surface area contributed by atoms with E-state index < -0.39 is 0 Å². The Hall–Kier alpha value is -3.80. The van der Waals surface area contributed by atoms with Crippen LogP contribution in [-0.4, -0.2) is 24.3 Å². The zero-order chi connectivity index (χ0) is 23.1. The first-order valence-electron chi connectivity index (χ1n) is 10.4. The van der Waals surface area contributed by atoms with Crippen molar-refractivity contribution in [1.82, 2.24) is 5.43 Å². The van der Waals surface area contributed by atoms with Crippen molar-refractivity contribution in [1.29, 1.82) is 0 Å². The van der Waals surface area contributed by atoms with Gasteiger partial charge in [0.25, 0.3) is 5.91 Å². The van der Waals surface area contributed by atoms with Crippen molar-refractivity contribution < 1.29 is 19.4 Å². The summed E-state index contributed by atoms with van der Waals surface area (Å²) in [6.07, 6.45) is 1.54. The molecule has 6 heteroatoms. The molecule has 0 spiro atoms. The highest BCUT2D eigenvalue weighted by Crippen LogP contribution is 2.32. The molecule has 3 aromatic rings. The number of hydrazone groups is 1. The molecule has 2 N–H and O–H groups in total. The smallest absolute Gasteiger partial charge is 0.271 e. The zero-order valence-corrected chi connectivity index (χ0v) is 18.8. The second-order valence-corrected chi connectivity index (χ2v) is 7.80. The van der Waals surface area contributed by atoms with Crippen molar-refractivity contribution in [3.05, 3.63) is 88.5 Å². The minimum absolute atomic E-state index is 0.0995. The van der Waals surface area contributed by atoms with E-state index in [2.05, 4.69) is 48.6 Å². The molecular formula is C26H28N2O4. The fraction of sp³-hybridized carbons (Fsp3) is 0.231. The maximum absolute atomic E-state index is 12.1. The van der Waals surface area contributed by atoms with E-state index in [9.17, 15) is 9.90 Å². The van der Waals surface area contributed by atoms with Gasteiger partial charge >= 0.3 is 0 Å². The summed E-state index contributed by atoms with van der Waals surface area (Å²) in [5.74, 6) is 1.49. The molecule has 0 saturated carbocycles. The molecule has 0 bridgehead atoms. The summed E-state index contributed by atoms with van der Waals surface area (Å²) in [5.41, 5.74) is 6.91. The molecule has 0 saturated heterocycles. The Morgan fingerprint density at radius 1 is 1.09 bits per heavy atom. The number of rotatable bonds is 8. The van der Waals surface area contributed by atoms with E-state index in [0.717, 1.165) is 16.7 Å². The standard InChI is InChI=1S/C26H28N2O4/c1-17(2)21-7-5-19(6-8-21)16-32-25-18(3)13-20(14-24(25)31-4)15-27-28-26(30)22-9-11-23(29)12-10-22/h5-15,17,29H,16H2,1-4H3,(H,28,30)/b27-15+. The highest BCUT2D eigenvalue weighted by atomic mass is 16.5. The number of hydrogen-bond donors (Lipinski definition) is 2. The van der Waals surface area contributed by atoms with Gasteiger partial charge in [0.15, 0.2) is 11.5 Å². The Kier molecular flexibility index (Phi) is 7.49. The van der Waals surface area contributed by atoms with Crippen molar-refractivity contribution >= 4 is 12.1 Å². The Morgan fingerprint density at radius 3 is 2.41 bits per heavy atom. The molecule has 32 heavy (non-hydrogen) atoms. The van der Waals surface area contributed by atoms with Gasteiger partial charge in [0.2, 0.25) is 0 Å². The van der Waals surface area contributed by atoms with Gasteiger partial charge in [-0.2, -0.15) is 5.10 Å². The number of methoxy groups -OCH3 is 1. The third-order valence-electron chi connectivity index (χ3n) is 5.02. The van der Waals surface area contributed by atoms with Crippen LogP contribution in [0.3, 0.4) is 0 Å². The van der Waals surface area contributed by atoms with Gasteiger partial charge in [-0.25, -0.2) is 5.43 Å². The van der Waals surface area contributed by atoms with E-state index in [1.807, 2.05) is 13.0 Å². The molecule has 0 heterocycles. The first kappa shape index (κ1) is 22.9. The van der Waals surface area contributed by atoms with Gasteiger partial charge in [0.1, 0.15) is 12.4 Å². The number of hydrogen-bond acceptors (Lipinski definition) is 5. The number of nitrogens with one attached hydrogen (secondary N) is 1. The SMILES string of the molecule is COc1cc(/C=N/NC(=O)c2ccc(O)cc2)cc(C)c1OCc1ccc(C(C)C)cc1. The highest BCUT2D eigenvalue weighted by Gasteiger charge is 2.11. The fourth-order valence-corrected chi connectivity index (χ4v) is 3.18. The number of carbonyl (C=O) groups is 1. The first-order valence-corrected chi connectivity index (χ1v) is 10.4. The molecule has 0 unspecified atom stereocenters. The van der Waals surface area contributed by atoms with Gasteiger partial charge in [0, 0.05) is 5.56 Å². The molecule has 0 radical (unpaired) electrons. The Labute approximate surface area is 188 Å². The van der Waals surface area contributed by atoms with E-state index in [0.29, 0.717) is 29.6 Å². The average Bonchev–Trinajstić information content (AvgIpc) is 2.78. The summed E-state index contributed by atoms with van der Waals surface area (Å²) in [6.45, 7) is 6.71. The molecular weight excluding hydrogens is 404 g/mol. The number of aryl methyl sites for hydroxylation is 1. The average molecular weight is 433 g/mol. The van der Waals surface area contributed by atoms with Gasteiger partial charge in [0.05, 0.1) is 13.3 Å². The van der Waals surface area contributed by atoms with Crippen molar-refractivity contribution in [2.24, 2.45) is 5.10 Å². The van der Waals surface area contributed by atoms with E-state index in [-0.39, 0.29) is 11.7 Å². The molecule has 3 rings (SSSR count). The largest absolute Gasteiger partial charge is 0.508 e. The second-order valence-electron chi connectivity index (χ2n) is 7.80. The number of aromatic hydroxyl groups is 1. The minimum atomic E-state index is -0.367. The predicted octanol–water partition coefficient (Wildman–Crippen LogP) is 5.18. The number of nitrogens with zero attached hydrogens (tertiary/aromatic N) is 1. The summed E-state index contributed by atoms with van der Waals surface area (Å²) in [4.78, 5) is 12.1. The third kappa shape index (κ3) is 5.88. The van der Waals surface area contributed by atoms with E-state index in [4.69, 9.17) is 9.47 Å². The Morgan fingerprint density at radius 2 is 1.78 bits per heavy atom. The van der Waals surface area contributed by atoms with Gasteiger partial charge in [-0.15, -0.1) is 0 Å². The van der Waals surface area contributed by atoms with Crippen molar-refractivity contribution in [3.8, 4) is 17.2 Å². The van der Waals surface area contributed by atoms with Crippen molar-refractivity contribution in [3.63, 3.8) is 0 Å². The van der Waals surface area contributed by atoms with E-state index in [1.165, 1.54) is 29.8 Å². The zero-order valence-electron chi connectivity index (χ0n) is 18.8. The maximum Gasteiger partial charge on any atom is 0.271 e. The lowest BCUT2D eigenvalue weighted by atomic mass is 10.0. The summed E-state index contributed by atoms with van der Waals surface area (Å²) < 4.78 is 11.6. The van der Waals surface area contributed by atoms with Crippen LogP contribution in [0.2, 0.25) is 0 Å². The van der Waals surface area contributed by atoms with Crippen LogP contribution in [0.15, 0.2) is 65.8 Å². The van der Waals surface area contributed by atoms with E-state index in [1.54, 1.807) is 19.4 Å². The predicted molar refractivity (Wildman–Crippen MR) is 126 cm³/mol. The number of benzene rings is 3. The number of amides is 1. The van der Waals surface area contributed by atoms with Crippen LogP contribution in [0.1, 0.15) is 52.4 Å². The summed E-state index contributed by atoms with van der Waals surface area (Å²) in [7, 11) is 1.59. The topological polar surface area (TPSA) is 80.2 Å². The van der Waals surface area contributed by atoms with Crippen LogP contribution in [-0.2, 0) is 6.61 Å². The Bertz CT molecular complexity index is 1090. The van der Waals surface area contributed by atoms with Gasteiger partial charge in [-0.1, -0.05) is 38.1 Å².